The van der Waals surface area contributed by atoms with Gasteiger partial charge in [0.05, 0.1) is 5.69 Å². The van der Waals surface area contributed by atoms with Crippen LogP contribution in [-0.2, 0) is 12.8 Å². The number of aryl methyl sites for hydroxylation is 1. The number of benzene rings is 1. The summed E-state index contributed by atoms with van der Waals surface area (Å²) < 4.78 is 2.03. The summed E-state index contributed by atoms with van der Waals surface area (Å²) in [5, 5.41) is 4.62. The highest BCUT2D eigenvalue weighted by atomic mass is 15.3. The molecule has 20 heavy (non-hydrogen) atoms. The van der Waals surface area contributed by atoms with Crippen LogP contribution < -0.4 is 5.73 Å². The third-order valence-electron chi connectivity index (χ3n) is 3.95. The van der Waals surface area contributed by atoms with Crippen LogP contribution in [-0.4, -0.2) is 9.78 Å². The minimum absolute atomic E-state index is 0.0150. The molecule has 0 aliphatic heterocycles. The molecular formula is C17H25N3. The van der Waals surface area contributed by atoms with Crippen LogP contribution in [0.4, 0.5) is 0 Å². The molecule has 0 saturated heterocycles. The zero-order valence-corrected chi connectivity index (χ0v) is 12.7. The van der Waals surface area contributed by atoms with E-state index in [1.807, 2.05) is 4.68 Å². The SMILES string of the molecule is CCc1ccc(C(N)Cc2ccn(C(C)CC)n2)cc1. The second-order valence-corrected chi connectivity index (χ2v) is 5.45. The van der Waals surface area contributed by atoms with Gasteiger partial charge in [0.15, 0.2) is 0 Å². The lowest BCUT2D eigenvalue weighted by Crippen LogP contribution is -2.14. The molecule has 2 atom stereocenters. The zero-order chi connectivity index (χ0) is 14.5. The van der Waals surface area contributed by atoms with Crippen molar-refractivity contribution in [2.45, 2.75) is 52.1 Å². The summed E-state index contributed by atoms with van der Waals surface area (Å²) in [6.07, 6.45) is 4.99. The Bertz CT molecular complexity index is 527. The molecule has 0 spiro atoms. The fourth-order valence-corrected chi connectivity index (χ4v) is 2.26. The van der Waals surface area contributed by atoms with Crippen molar-refractivity contribution in [2.24, 2.45) is 5.73 Å². The van der Waals surface area contributed by atoms with Crippen molar-refractivity contribution in [1.82, 2.24) is 9.78 Å². The number of hydrogen-bond acceptors (Lipinski definition) is 2. The molecule has 1 heterocycles. The first-order chi connectivity index (χ1) is 9.63. The van der Waals surface area contributed by atoms with E-state index in [9.17, 15) is 0 Å². The maximum Gasteiger partial charge on any atom is 0.0643 e. The molecule has 2 aromatic rings. The molecule has 2 N–H and O–H groups in total. The molecule has 1 aromatic heterocycles. The van der Waals surface area contributed by atoms with Crippen LogP contribution in [0.5, 0.6) is 0 Å². The first kappa shape index (κ1) is 14.8. The Morgan fingerprint density at radius 2 is 1.85 bits per heavy atom. The molecule has 0 bridgehead atoms. The van der Waals surface area contributed by atoms with Gasteiger partial charge >= 0.3 is 0 Å². The summed E-state index contributed by atoms with van der Waals surface area (Å²) in [6.45, 7) is 6.52. The van der Waals surface area contributed by atoms with E-state index in [4.69, 9.17) is 5.73 Å². The maximum absolute atomic E-state index is 6.29. The highest BCUT2D eigenvalue weighted by Crippen LogP contribution is 2.17. The molecule has 0 radical (unpaired) electrons. The average Bonchev–Trinajstić information content (AvgIpc) is 2.95. The fourth-order valence-electron chi connectivity index (χ4n) is 2.26. The van der Waals surface area contributed by atoms with Gasteiger partial charge in [-0.3, -0.25) is 4.68 Å². The van der Waals surface area contributed by atoms with E-state index >= 15 is 0 Å². The van der Waals surface area contributed by atoms with Gasteiger partial charge in [0.25, 0.3) is 0 Å². The number of nitrogens with zero attached hydrogens (tertiary/aromatic N) is 2. The van der Waals surface area contributed by atoms with Gasteiger partial charge in [-0.05, 0) is 37.0 Å². The Kier molecular flexibility index (Phi) is 4.96. The zero-order valence-electron chi connectivity index (χ0n) is 12.7. The largest absolute Gasteiger partial charge is 0.324 e. The predicted molar refractivity (Wildman–Crippen MR) is 83.7 cm³/mol. The lowest BCUT2D eigenvalue weighted by molar-refractivity contribution is 0.472. The van der Waals surface area contributed by atoms with E-state index in [1.165, 1.54) is 11.1 Å². The van der Waals surface area contributed by atoms with E-state index in [0.29, 0.717) is 6.04 Å². The minimum atomic E-state index is 0.0150. The molecule has 3 heteroatoms. The van der Waals surface area contributed by atoms with Crippen LogP contribution in [0.2, 0.25) is 0 Å². The van der Waals surface area contributed by atoms with Gasteiger partial charge in [-0.25, -0.2) is 0 Å². The summed E-state index contributed by atoms with van der Waals surface area (Å²) in [5.41, 5.74) is 9.88. The molecule has 0 aliphatic carbocycles. The first-order valence-electron chi connectivity index (χ1n) is 7.52. The van der Waals surface area contributed by atoms with Crippen molar-refractivity contribution in [2.75, 3.05) is 0 Å². The Morgan fingerprint density at radius 3 is 2.45 bits per heavy atom. The molecule has 3 nitrogen and oxygen atoms in total. The Morgan fingerprint density at radius 1 is 1.15 bits per heavy atom. The van der Waals surface area contributed by atoms with Crippen LogP contribution >= 0.6 is 0 Å². The normalized spacial score (nSPS) is 14.2. The fraction of sp³-hybridized carbons (Fsp3) is 0.471. The van der Waals surface area contributed by atoms with Crippen molar-refractivity contribution in [3.63, 3.8) is 0 Å². The minimum Gasteiger partial charge on any atom is -0.324 e. The van der Waals surface area contributed by atoms with Crippen LogP contribution in [0.15, 0.2) is 36.5 Å². The number of nitrogens with two attached hydrogens (primary N) is 1. The van der Waals surface area contributed by atoms with Crippen molar-refractivity contribution in [3.8, 4) is 0 Å². The average molecular weight is 271 g/mol. The number of hydrogen-bond donors (Lipinski definition) is 1. The topological polar surface area (TPSA) is 43.8 Å². The second-order valence-electron chi connectivity index (χ2n) is 5.45. The highest BCUT2D eigenvalue weighted by molar-refractivity contribution is 5.25. The molecule has 2 rings (SSSR count). The first-order valence-corrected chi connectivity index (χ1v) is 7.52. The molecule has 0 saturated carbocycles. The number of rotatable bonds is 6. The Labute approximate surface area is 121 Å². The molecular weight excluding hydrogens is 246 g/mol. The summed E-state index contributed by atoms with van der Waals surface area (Å²) >= 11 is 0. The van der Waals surface area contributed by atoms with E-state index in [1.54, 1.807) is 0 Å². The van der Waals surface area contributed by atoms with Gasteiger partial charge in [0.2, 0.25) is 0 Å². The Hall–Kier alpha value is -1.61. The van der Waals surface area contributed by atoms with Crippen LogP contribution in [0.25, 0.3) is 0 Å². The van der Waals surface area contributed by atoms with Crippen molar-refractivity contribution in [3.05, 3.63) is 53.3 Å². The van der Waals surface area contributed by atoms with E-state index < -0.39 is 0 Å². The van der Waals surface area contributed by atoms with E-state index in [2.05, 4.69) is 62.4 Å². The number of aromatic nitrogens is 2. The molecule has 2 unspecified atom stereocenters. The summed E-state index contributed by atoms with van der Waals surface area (Å²) in [6, 6.07) is 11.1. The van der Waals surface area contributed by atoms with E-state index in [-0.39, 0.29) is 6.04 Å². The summed E-state index contributed by atoms with van der Waals surface area (Å²) in [5.74, 6) is 0. The van der Waals surface area contributed by atoms with Gasteiger partial charge in [-0.1, -0.05) is 38.1 Å². The lowest BCUT2D eigenvalue weighted by Gasteiger charge is -2.12. The molecule has 0 aliphatic rings. The standard InChI is InChI=1S/C17H25N3/c1-4-13(3)20-11-10-16(19-20)12-17(18)15-8-6-14(5-2)7-9-15/h6-11,13,17H,4-5,12,18H2,1-3H3. The predicted octanol–water partition coefficient (Wildman–Crippen LogP) is 3.66. The monoisotopic (exact) mass is 271 g/mol. The lowest BCUT2D eigenvalue weighted by atomic mass is 10.0. The molecule has 0 amide bonds. The second kappa shape index (κ2) is 6.71. The Balaban J connectivity index is 2.03. The van der Waals surface area contributed by atoms with Gasteiger partial charge in [-0.15, -0.1) is 0 Å². The van der Waals surface area contributed by atoms with Gasteiger partial charge in [-0.2, -0.15) is 5.10 Å². The summed E-state index contributed by atoms with van der Waals surface area (Å²) in [4.78, 5) is 0. The molecule has 0 fully saturated rings. The van der Waals surface area contributed by atoms with Crippen molar-refractivity contribution in [1.29, 1.82) is 0 Å². The molecule has 108 valence electrons. The van der Waals surface area contributed by atoms with Gasteiger partial charge in [0.1, 0.15) is 0 Å². The summed E-state index contributed by atoms with van der Waals surface area (Å²) in [7, 11) is 0. The van der Waals surface area contributed by atoms with Crippen LogP contribution in [0, 0.1) is 0 Å². The van der Waals surface area contributed by atoms with Crippen LogP contribution in [0.1, 0.15) is 56.1 Å². The molecule has 1 aromatic carbocycles. The van der Waals surface area contributed by atoms with Crippen molar-refractivity contribution < 1.29 is 0 Å². The van der Waals surface area contributed by atoms with Crippen LogP contribution in [0.3, 0.4) is 0 Å². The van der Waals surface area contributed by atoms with Crippen molar-refractivity contribution >= 4 is 0 Å². The maximum atomic E-state index is 6.29. The highest BCUT2D eigenvalue weighted by Gasteiger charge is 2.10. The van der Waals surface area contributed by atoms with E-state index in [0.717, 1.165) is 25.0 Å². The van der Waals surface area contributed by atoms with Gasteiger partial charge < -0.3 is 5.73 Å². The quantitative estimate of drug-likeness (QED) is 0.871. The third-order valence-corrected chi connectivity index (χ3v) is 3.95. The smallest absolute Gasteiger partial charge is 0.0643 e. The third kappa shape index (κ3) is 3.48. The van der Waals surface area contributed by atoms with Gasteiger partial charge in [0, 0.05) is 24.7 Å².